The molecule has 3 aliphatic heterocycles. The van der Waals surface area contributed by atoms with Crippen molar-refractivity contribution in [1.29, 1.82) is 0 Å². The van der Waals surface area contributed by atoms with Crippen molar-refractivity contribution in [3.63, 3.8) is 0 Å². The van der Waals surface area contributed by atoms with Gasteiger partial charge in [0.2, 0.25) is 5.91 Å². The molecule has 3 heterocycles. The molecule has 0 aromatic rings. The molecule has 21 heavy (non-hydrogen) atoms. The van der Waals surface area contributed by atoms with Crippen LogP contribution in [-0.4, -0.2) is 60.7 Å². The molecule has 0 spiro atoms. The first-order valence-electron chi connectivity index (χ1n) is 6.27. The highest BCUT2D eigenvalue weighted by Crippen LogP contribution is 2.17. The third-order valence-corrected chi connectivity index (χ3v) is 6.40. The second-order valence-corrected chi connectivity index (χ2v) is 9.18. The van der Waals surface area contributed by atoms with Crippen LogP contribution < -0.4 is 10.6 Å². The zero-order valence-corrected chi connectivity index (χ0v) is 16.4. The van der Waals surface area contributed by atoms with E-state index in [2.05, 4.69) is 10.6 Å². The fourth-order valence-corrected chi connectivity index (χ4v) is 4.56. The molecule has 1 amide bonds. The molecular formula is C11H17N3OS6. The SMILES string of the molecule is CC(=O)N1CCSC1=S.S=C1NCCS1.S=C1NCCS1. The number of carbonyl (C=O) groups excluding carboxylic acids is 1. The van der Waals surface area contributed by atoms with Crippen molar-refractivity contribution >= 4 is 90.8 Å². The normalized spacial score (nSPS) is 20.0. The lowest BCUT2D eigenvalue weighted by Crippen LogP contribution is -2.27. The first-order valence-corrected chi connectivity index (χ1v) is 10.4. The lowest BCUT2D eigenvalue weighted by molar-refractivity contribution is -0.124. The standard InChI is InChI=1S/C5H7NOS2.2C3H5NS2/c1-4(7)6-2-3-9-5(6)8;2*5-3-4-1-2-6-3/h2-3H2,1H3;2*1-2H2,(H,4,5). The fraction of sp³-hybridized carbons (Fsp3) is 0.636. The predicted octanol–water partition coefficient (Wildman–Crippen LogP) is 2.08. The number of carbonyl (C=O) groups is 1. The quantitative estimate of drug-likeness (QED) is 0.596. The molecule has 0 saturated carbocycles. The molecule has 118 valence electrons. The van der Waals surface area contributed by atoms with E-state index < -0.39 is 0 Å². The Morgan fingerprint density at radius 2 is 1.52 bits per heavy atom. The van der Waals surface area contributed by atoms with Gasteiger partial charge in [-0.2, -0.15) is 0 Å². The number of hydrogen-bond acceptors (Lipinski definition) is 7. The molecule has 3 saturated heterocycles. The smallest absolute Gasteiger partial charge is 0.224 e. The first kappa shape index (κ1) is 19.4. The van der Waals surface area contributed by atoms with E-state index in [4.69, 9.17) is 36.7 Å². The summed E-state index contributed by atoms with van der Waals surface area (Å²) in [7, 11) is 0. The number of amides is 1. The van der Waals surface area contributed by atoms with Gasteiger partial charge in [0.05, 0.1) is 0 Å². The first-order chi connectivity index (χ1) is 10.0. The maximum Gasteiger partial charge on any atom is 0.224 e. The van der Waals surface area contributed by atoms with E-state index in [0.717, 1.165) is 49.9 Å². The number of hydrogen-bond donors (Lipinski definition) is 2. The van der Waals surface area contributed by atoms with E-state index in [9.17, 15) is 4.79 Å². The summed E-state index contributed by atoms with van der Waals surface area (Å²) in [4.78, 5) is 12.3. The van der Waals surface area contributed by atoms with Gasteiger partial charge in [-0.1, -0.05) is 71.9 Å². The van der Waals surface area contributed by atoms with Crippen LogP contribution in [0.1, 0.15) is 6.92 Å². The topological polar surface area (TPSA) is 44.4 Å². The van der Waals surface area contributed by atoms with Crippen LogP contribution in [0.15, 0.2) is 0 Å². The lowest BCUT2D eigenvalue weighted by atomic mass is 10.6. The van der Waals surface area contributed by atoms with E-state index in [1.807, 2.05) is 0 Å². The van der Waals surface area contributed by atoms with Gasteiger partial charge in [-0.05, 0) is 0 Å². The average Bonchev–Trinajstić information content (AvgIpc) is 3.15. The van der Waals surface area contributed by atoms with E-state index in [-0.39, 0.29) is 5.91 Å². The van der Waals surface area contributed by atoms with Crippen molar-refractivity contribution in [3.8, 4) is 0 Å². The monoisotopic (exact) mass is 399 g/mol. The molecule has 0 atom stereocenters. The molecule has 3 aliphatic rings. The third kappa shape index (κ3) is 8.56. The number of thioether (sulfide) groups is 3. The van der Waals surface area contributed by atoms with Crippen LogP contribution in [0.2, 0.25) is 0 Å². The molecule has 0 aromatic heterocycles. The van der Waals surface area contributed by atoms with Crippen molar-refractivity contribution in [2.75, 3.05) is 36.9 Å². The summed E-state index contributed by atoms with van der Waals surface area (Å²) in [5, 5.41) is 6.03. The summed E-state index contributed by atoms with van der Waals surface area (Å²) < 4.78 is 2.63. The summed E-state index contributed by atoms with van der Waals surface area (Å²) >= 11 is 19.4. The Morgan fingerprint density at radius 3 is 1.67 bits per heavy atom. The third-order valence-electron chi connectivity index (χ3n) is 2.35. The Bertz CT molecular complexity index is 381. The second-order valence-electron chi connectivity index (χ2n) is 3.91. The highest BCUT2D eigenvalue weighted by Gasteiger charge is 2.20. The van der Waals surface area contributed by atoms with Crippen molar-refractivity contribution in [1.82, 2.24) is 15.5 Å². The zero-order valence-electron chi connectivity index (χ0n) is 11.5. The minimum Gasteiger partial charge on any atom is -0.370 e. The Hall–Kier alpha value is 0.390. The van der Waals surface area contributed by atoms with Crippen LogP contribution >= 0.6 is 71.9 Å². The molecule has 0 aromatic carbocycles. The Labute approximate surface area is 154 Å². The van der Waals surface area contributed by atoms with Gasteiger partial charge in [-0.15, -0.1) is 0 Å². The average molecular weight is 400 g/mol. The summed E-state index contributed by atoms with van der Waals surface area (Å²) in [5.41, 5.74) is 0. The van der Waals surface area contributed by atoms with E-state index in [1.54, 1.807) is 40.2 Å². The minimum atomic E-state index is 0.0602. The lowest BCUT2D eigenvalue weighted by Gasteiger charge is -2.09. The van der Waals surface area contributed by atoms with Crippen LogP contribution in [0, 0.1) is 0 Å². The molecule has 0 radical (unpaired) electrons. The van der Waals surface area contributed by atoms with Gasteiger partial charge in [0.1, 0.15) is 13.0 Å². The van der Waals surface area contributed by atoms with Gasteiger partial charge in [-0.25, -0.2) is 0 Å². The summed E-state index contributed by atoms with van der Waals surface area (Å²) in [6.07, 6.45) is 0. The van der Waals surface area contributed by atoms with Gasteiger partial charge in [0.15, 0.2) is 0 Å². The highest BCUT2D eigenvalue weighted by molar-refractivity contribution is 8.24. The summed E-state index contributed by atoms with van der Waals surface area (Å²) in [6, 6.07) is 0. The van der Waals surface area contributed by atoms with Crippen LogP contribution in [0.4, 0.5) is 0 Å². The van der Waals surface area contributed by atoms with E-state index in [1.165, 1.54) is 6.92 Å². The maximum atomic E-state index is 10.7. The fourth-order valence-electron chi connectivity index (χ4n) is 1.38. The van der Waals surface area contributed by atoms with Crippen LogP contribution in [0.3, 0.4) is 0 Å². The number of nitrogens with zero attached hydrogens (tertiary/aromatic N) is 1. The van der Waals surface area contributed by atoms with Crippen LogP contribution in [-0.2, 0) is 4.79 Å². The molecule has 0 unspecified atom stereocenters. The van der Waals surface area contributed by atoms with Gasteiger partial charge >= 0.3 is 0 Å². The van der Waals surface area contributed by atoms with Gasteiger partial charge in [0.25, 0.3) is 0 Å². The van der Waals surface area contributed by atoms with Crippen molar-refractivity contribution < 1.29 is 4.79 Å². The van der Waals surface area contributed by atoms with E-state index >= 15 is 0 Å². The highest BCUT2D eigenvalue weighted by atomic mass is 32.2. The molecule has 0 bridgehead atoms. The minimum absolute atomic E-state index is 0.0602. The Kier molecular flexibility index (Phi) is 10.2. The molecule has 4 nitrogen and oxygen atoms in total. The Balaban J connectivity index is 0.000000163. The molecule has 0 aliphatic carbocycles. The largest absolute Gasteiger partial charge is 0.370 e. The number of rotatable bonds is 0. The predicted molar refractivity (Wildman–Crippen MR) is 109 cm³/mol. The molecular weight excluding hydrogens is 383 g/mol. The van der Waals surface area contributed by atoms with Gasteiger partial charge in [-0.3, -0.25) is 9.69 Å². The number of thiocarbonyl (C=S) groups is 3. The maximum absolute atomic E-state index is 10.7. The van der Waals surface area contributed by atoms with Gasteiger partial charge < -0.3 is 10.6 Å². The number of nitrogens with one attached hydrogen (secondary N) is 2. The zero-order chi connectivity index (χ0) is 15.7. The molecule has 3 rings (SSSR count). The van der Waals surface area contributed by atoms with Crippen molar-refractivity contribution in [2.24, 2.45) is 0 Å². The van der Waals surface area contributed by atoms with Crippen LogP contribution in [0.25, 0.3) is 0 Å². The molecule has 10 heteroatoms. The van der Waals surface area contributed by atoms with Gasteiger partial charge in [0, 0.05) is 43.8 Å². The van der Waals surface area contributed by atoms with E-state index in [0.29, 0.717) is 0 Å². The molecule has 2 N–H and O–H groups in total. The van der Waals surface area contributed by atoms with Crippen molar-refractivity contribution in [2.45, 2.75) is 6.92 Å². The van der Waals surface area contributed by atoms with Crippen molar-refractivity contribution in [3.05, 3.63) is 0 Å². The molecule has 3 fully saturated rings. The summed E-state index contributed by atoms with van der Waals surface area (Å²) in [6.45, 7) is 4.45. The second kappa shape index (κ2) is 11.0. The van der Waals surface area contributed by atoms with Crippen LogP contribution in [0.5, 0.6) is 0 Å². The Morgan fingerprint density at radius 1 is 1.00 bits per heavy atom. The summed E-state index contributed by atoms with van der Waals surface area (Å²) in [5.74, 6) is 3.32.